The molecule has 138 valence electrons. The van der Waals surface area contributed by atoms with Gasteiger partial charge in [0.1, 0.15) is 11.2 Å². The van der Waals surface area contributed by atoms with Crippen LogP contribution in [0.3, 0.4) is 0 Å². The van der Waals surface area contributed by atoms with Crippen LogP contribution in [0.15, 0.2) is 11.0 Å². The van der Waals surface area contributed by atoms with E-state index in [0.29, 0.717) is 47.2 Å². The monoisotopic (exact) mass is 356 g/mol. The van der Waals surface area contributed by atoms with Crippen LogP contribution in [0.2, 0.25) is 0 Å². The predicted octanol–water partition coefficient (Wildman–Crippen LogP) is 0.489. The summed E-state index contributed by atoms with van der Waals surface area (Å²) in [6.07, 6.45) is 5.65. The minimum atomic E-state index is -0.126. The van der Waals surface area contributed by atoms with Gasteiger partial charge in [0.2, 0.25) is 5.91 Å². The van der Waals surface area contributed by atoms with Crippen LogP contribution in [0.1, 0.15) is 31.5 Å². The molecule has 3 fully saturated rings. The molecule has 0 aliphatic carbocycles. The summed E-state index contributed by atoms with van der Waals surface area (Å²) in [5, 5.41) is 4.66. The Bertz CT molecular complexity index is 918. The lowest BCUT2D eigenvalue weighted by molar-refractivity contribution is -0.145. The van der Waals surface area contributed by atoms with Gasteiger partial charge in [-0.15, -0.1) is 0 Å². The third-order valence-corrected chi connectivity index (χ3v) is 6.28. The SMILES string of the molecule is Cn1ncc2c(=O)[nH]c(CN3C[C@H]4C[C@H](C3)[C@@H]3CCCC(=O)N3C4)nc21. The largest absolute Gasteiger partial charge is 0.339 e. The standard InChI is InChI=1S/C18H24N6O2/c1-22-17-13(6-19-22)18(26)21-15(20-17)10-23-7-11-5-12(9-23)14-3-2-4-16(25)24(14)8-11/h6,11-12,14H,2-5,7-10H2,1H3,(H,20,21,26)/t11-,12-,14+/m1/s1. The summed E-state index contributed by atoms with van der Waals surface area (Å²) in [7, 11) is 1.80. The van der Waals surface area contributed by atoms with E-state index < -0.39 is 0 Å². The molecule has 0 radical (unpaired) electrons. The number of aromatic nitrogens is 4. The van der Waals surface area contributed by atoms with Crippen LogP contribution in [0.4, 0.5) is 0 Å². The fourth-order valence-electron chi connectivity index (χ4n) is 5.21. The number of nitrogens with one attached hydrogen (secondary N) is 1. The average molecular weight is 356 g/mol. The molecular formula is C18H24N6O2. The van der Waals surface area contributed by atoms with Gasteiger partial charge in [-0.3, -0.25) is 19.2 Å². The summed E-state index contributed by atoms with van der Waals surface area (Å²) in [6.45, 7) is 3.46. The molecule has 5 rings (SSSR count). The minimum Gasteiger partial charge on any atom is -0.339 e. The molecule has 26 heavy (non-hydrogen) atoms. The van der Waals surface area contributed by atoms with Gasteiger partial charge in [-0.2, -0.15) is 5.10 Å². The van der Waals surface area contributed by atoms with Crippen LogP contribution in [-0.2, 0) is 18.4 Å². The maximum Gasteiger partial charge on any atom is 0.262 e. The van der Waals surface area contributed by atoms with Crippen molar-refractivity contribution >= 4 is 16.9 Å². The van der Waals surface area contributed by atoms with Crippen LogP contribution in [0.5, 0.6) is 0 Å². The maximum atomic E-state index is 12.3. The summed E-state index contributed by atoms with van der Waals surface area (Å²) >= 11 is 0. The molecule has 0 unspecified atom stereocenters. The molecule has 1 amide bonds. The minimum absolute atomic E-state index is 0.126. The van der Waals surface area contributed by atoms with Gasteiger partial charge in [0.05, 0.1) is 12.7 Å². The molecule has 0 saturated carbocycles. The van der Waals surface area contributed by atoms with Crippen molar-refractivity contribution < 1.29 is 4.79 Å². The molecule has 2 bridgehead atoms. The average Bonchev–Trinajstić information content (AvgIpc) is 2.98. The fourth-order valence-corrected chi connectivity index (χ4v) is 5.21. The van der Waals surface area contributed by atoms with Gasteiger partial charge in [-0.25, -0.2) is 4.98 Å². The van der Waals surface area contributed by atoms with E-state index in [1.807, 2.05) is 0 Å². The molecule has 1 N–H and O–H groups in total. The van der Waals surface area contributed by atoms with E-state index in [2.05, 4.69) is 24.9 Å². The smallest absolute Gasteiger partial charge is 0.262 e. The lowest BCUT2D eigenvalue weighted by Gasteiger charge is -2.52. The number of fused-ring (bicyclic) bond motifs is 5. The zero-order chi connectivity index (χ0) is 17.8. The van der Waals surface area contributed by atoms with Crippen molar-refractivity contribution in [3.8, 4) is 0 Å². The van der Waals surface area contributed by atoms with Crippen molar-refractivity contribution in [2.75, 3.05) is 19.6 Å². The molecule has 3 atom stereocenters. The number of hydrogen-bond donors (Lipinski definition) is 1. The molecule has 2 aromatic rings. The number of hydrogen-bond acceptors (Lipinski definition) is 5. The number of nitrogens with zero attached hydrogens (tertiary/aromatic N) is 5. The number of aryl methyl sites for hydroxylation is 1. The van der Waals surface area contributed by atoms with Crippen molar-refractivity contribution in [2.45, 2.75) is 38.3 Å². The lowest BCUT2D eigenvalue weighted by atomic mass is 9.76. The number of piperidine rings is 3. The number of likely N-dealkylation sites (tertiary alicyclic amines) is 1. The first-order chi connectivity index (χ1) is 12.6. The van der Waals surface area contributed by atoms with Crippen LogP contribution in [0, 0.1) is 11.8 Å². The van der Waals surface area contributed by atoms with E-state index in [4.69, 9.17) is 0 Å². The Morgan fingerprint density at radius 2 is 2.15 bits per heavy atom. The highest BCUT2D eigenvalue weighted by atomic mass is 16.2. The molecule has 8 heteroatoms. The van der Waals surface area contributed by atoms with Gasteiger partial charge in [0.25, 0.3) is 5.56 Å². The second-order valence-corrected chi connectivity index (χ2v) is 8.08. The first kappa shape index (κ1) is 16.0. The van der Waals surface area contributed by atoms with E-state index in [1.165, 1.54) is 6.42 Å². The summed E-state index contributed by atoms with van der Waals surface area (Å²) in [5.74, 6) is 2.11. The molecule has 0 aromatic carbocycles. The normalized spacial score (nSPS) is 29.2. The molecular weight excluding hydrogens is 332 g/mol. The van der Waals surface area contributed by atoms with Gasteiger partial charge in [0.15, 0.2) is 5.65 Å². The van der Waals surface area contributed by atoms with Gasteiger partial charge in [-0.1, -0.05) is 0 Å². The number of H-pyrrole nitrogens is 1. The van der Waals surface area contributed by atoms with Crippen LogP contribution in [0.25, 0.3) is 11.0 Å². The van der Waals surface area contributed by atoms with E-state index in [0.717, 1.165) is 38.9 Å². The molecule has 3 saturated heterocycles. The van der Waals surface area contributed by atoms with Crippen molar-refractivity contribution in [2.24, 2.45) is 18.9 Å². The Morgan fingerprint density at radius 1 is 1.27 bits per heavy atom. The van der Waals surface area contributed by atoms with Gasteiger partial charge in [0, 0.05) is 39.1 Å². The van der Waals surface area contributed by atoms with Gasteiger partial charge in [-0.05, 0) is 31.1 Å². The topological polar surface area (TPSA) is 87.1 Å². The molecule has 8 nitrogen and oxygen atoms in total. The molecule has 0 spiro atoms. The lowest BCUT2D eigenvalue weighted by Crippen LogP contribution is -2.60. The summed E-state index contributed by atoms with van der Waals surface area (Å²) in [6, 6.07) is 0.405. The Kier molecular flexibility index (Phi) is 3.63. The molecule has 2 aromatic heterocycles. The van der Waals surface area contributed by atoms with Gasteiger partial charge >= 0.3 is 0 Å². The summed E-state index contributed by atoms with van der Waals surface area (Å²) in [5.41, 5.74) is 0.504. The van der Waals surface area contributed by atoms with E-state index in [-0.39, 0.29) is 5.56 Å². The third-order valence-electron chi connectivity index (χ3n) is 6.28. The van der Waals surface area contributed by atoms with Crippen molar-refractivity contribution in [3.05, 3.63) is 22.4 Å². The van der Waals surface area contributed by atoms with Crippen LogP contribution < -0.4 is 5.56 Å². The summed E-state index contributed by atoms with van der Waals surface area (Å²) in [4.78, 5) is 36.6. The maximum absolute atomic E-state index is 12.3. The van der Waals surface area contributed by atoms with E-state index >= 15 is 0 Å². The quantitative estimate of drug-likeness (QED) is 0.846. The highest BCUT2D eigenvalue weighted by Gasteiger charge is 2.43. The zero-order valence-corrected chi connectivity index (χ0v) is 15.0. The molecule has 3 aliphatic heterocycles. The highest BCUT2D eigenvalue weighted by Crippen LogP contribution is 2.38. The predicted molar refractivity (Wildman–Crippen MR) is 95.4 cm³/mol. The first-order valence-corrected chi connectivity index (χ1v) is 9.51. The van der Waals surface area contributed by atoms with Crippen molar-refractivity contribution in [3.63, 3.8) is 0 Å². The Hall–Kier alpha value is -2.22. The van der Waals surface area contributed by atoms with Crippen LogP contribution >= 0.6 is 0 Å². The number of amides is 1. The van der Waals surface area contributed by atoms with E-state index in [9.17, 15) is 9.59 Å². The van der Waals surface area contributed by atoms with Gasteiger partial charge < -0.3 is 9.88 Å². The number of rotatable bonds is 2. The second-order valence-electron chi connectivity index (χ2n) is 8.08. The Morgan fingerprint density at radius 3 is 3.04 bits per heavy atom. The van der Waals surface area contributed by atoms with Crippen LogP contribution in [-0.4, -0.2) is 61.1 Å². The number of aromatic amines is 1. The highest BCUT2D eigenvalue weighted by molar-refractivity contribution is 5.77. The number of carbonyl (C=O) groups is 1. The van der Waals surface area contributed by atoms with Crippen molar-refractivity contribution in [1.29, 1.82) is 0 Å². The molecule has 5 heterocycles. The zero-order valence-electron chi connectivity index (χ0n) is 15.0. The Balaban J connectivity index is 1.37. The molecule has 3 aliphatic rings. The first-order valence-electron chi connectivity index (χ1n) is 9.51. The number of carbonyl (C=O) groups excluding carboxylic acids is 1. The fraction of sp³-hybridized carbons (Fsp3) is 0.667. The summed E-state index contributed by atoms with van der Waals surface area (Å²) < 4.78 is 1.64. The van der Waals surface area contributed by atoms with Crippen molar-refractivity contribution in [1.82, 2.24) is 29.5 Å². The third kappa shape index (κ3) is 2.55. The second kappa shape index (κ2) is 5.90. The van der Waals surface area contributed by atoms with E-state index in [1.54, 1.807) is 17.9 Å². The Labute approximate surface area is 151 Å².